The Hall–Kier alpha value is -1.95. The number of hydrogen-bond donors (Lipinski definition) is 0. The Bertz CT molecular complexity index is 539. The average Bonchev–Trinajstić information content (AvgIpc) is 2.49. The zero-order chi connectivity index (χ0) is 15.2. The second-order valence-corrected chi connectivity index (χ2v) is 5.74. The van der Waals surface area contributed by atoms with E-state index < -0.39 is 0 Å². The number of carbonyl (C=O) groups excluding carboxylic acids is 1. The van der Waals surface area contributed by atoms with Crippen molar-refractivity contribution >= 4 is 11.6 Å². The summed E-state index contributed by atoms with van der Waals surface area (Å²) in [6, 6.07) is 9.18. The highest BCUT2D eigenvalue weighted by Gasteiger charge is 2.18. The number of carbonyl (C=O) groups is 1. The van der Waals surface area contributed by atoms with E-state index in [0.717, 1.165) is 12.1 Å². The Morgan fingerprint density at radius 2 is 2.05 bits per heavy atom. The lowest BCUT2D eigenvalue weighted by atomic mass is 10.0. The Balaban J connectivity index is 2.01. The summed E-state index contributed by atoms with van der Waals surface area (Å²) >= 11 is 0. The minimum absolute atomic E-state index is 0.133. The van der Waals surface area contributed by atoms with E-state index in [2.05, 4.69) is 47.9 Å². The van der Waals surface area contributed by atoms with Crippen LogP contribution in [0.1, 0.15) is 38.7 Å². The number of anilines is 1. The molecule has 112 valence electrons. The van der Waals surface area contributed by atoms with Crippen LogP contribution in [0.15, 0.2) is 24.3 Å². The summed E-state index contributed by atoms with van der Waals surface area (Å²) in [4.78, 5) is 15.8. The smallest absolute Gasteiger partial charge is 0.298 e. The summed E-state index contributed by atoms with van der Waals surface area (Å²) in [6.45, 7) is 5.72. The third-order valence-corrected chi connectivity index (χ3v) is 4.07. The van der Waals surface area contributed by atoms with Gasteiger partial charge in [0.05, 0.1) is 0 Å². The summed E-state index contributed by atoms with van der Waals surface area (Å²) in [5.41, 5.74) is 2.42. The van der Waals surface area contributed by atoms with Gasteiger partial charge in [-0.1, -0.05) is 18.1 Å². The lowest BCUT2D eigenvalue weighted by Gasteiger charge is -2.35. The predicted octanol–water partition coefficient (Wildman–Crippen LogP) is 3.05. The summed E-state index contributed by atoms with van der Waals surface area (Å²) < 4.78 is 0. The minimum Gasteiger partial charge on any atom is -0.369 e. The SMILES string of the molecule is CC#CC(=O)N(C)Cc1ccc(N2CCCCC2C)cc1. The molecule has 21 heavy (non-hydrogen) atoms. The highest BCUT2D eigenvalue weighted by Crippen LogP contribution is 2.24. The molecule has 1 aliphatic rings. The summed E-state index contributed by atoms with van der Waals surface area (Å²) in [7, 11) is 1.79. The van der Waals surface area contributed by atoms with Crippen molar-refractivity contribution in [3.05, 3.63) is 29.8 Å². The maximum atomic E-state index is 11.6. The first-order valence-corrected chi connectivity index (χ1v) is 7.65. The Morgan fingerprint density at radius 1 is 1.33 bits per heavy atom. The van der Waals surface area contributed by atoms with Gasteiger partial charge >= 0.3 is 0 Å². The van der Waals surface area contributed by atoms with E-state index in [1.54, 1.807) is 18.9 Å². The van der Waals surface area contributed by atoms with E-state index in [-0.39, 0.29) is 5.91 Å². The molecule has 0 bridgehead atoms. The van der Waals surface area contributed by atoms with Gasteiger partial charge in [-0.3, -0.25) is 4.79 Å². The van der Waals surface area contributed by atoms with Gasteiger partial charge in [-0.05, 0) is 56.7 Å². The topological polar surface area (TPSA) is 23.6 Å². The van der Waals surface area contributed by atoms with Gasteiger partial charge in [0.15, 0.2) is 0 Å². The first-order chi connectivity index (χ1) is 10.1. The number of benzene rings is 1. The van der Waals surface area contributed by atoms with E-state index in [0.29, 0.717) is 12.6 Å². The van der Waals surface area contributed by atoms with Crippen molar-refractivity contribution in [2.45, 2.75) is 45.7 Å². The molecule has 1 unspecified atom stereocenters. The molecule has 1 fully saturated rings. The first-order valence-electron chi connectivity index (χ1n) is 7.65. The van der Waals surface area contributed by atoms with Crippen LogP contribution in [0, 0.1) is 11.8 Å². The molecular formula is C18H24N2O. The van der Waals surface area contributed by atoms with Crippen LogP contribution >= 0.6 is 0 Å². The van der Waals surface area contributed by atoms with Crippen LogP contribution in [0.25, 0.3) is 0 Å². The molecular weight excluding hydrogens is 260 g/mol. The van der Waals surface area contributed by atoms with E-state index in [4.69, 9.17) is 0 Å². The molecule has 2 rings (SSSR count). The fourth-order valence-corrected chi connectivity index (χ4v) is 2.82. The molecule has 1 amide bonds. The van der Waals surface area contributed by atoms with Gasteiger partial charge in [-0.25, -0.2) is 0 Å². The zero-order valence-corrected chi connectivity index (χ0v) is 13.2. The van der Waals surface area contributed by atoms with Crippen molar-refractivity contribution in [2.75, 3.05) is 18.5 Å². The fourth-order valence-electron chi connectivity index (χ4n) is 2.82. The molecule has 1 heterocycles. The van der Waals surface area contributed by atoms with Crippen molar-refractivity contribution in [2.24, 2.45) is 0 Å². The summed E-state index contributed by atoms with van der Waals surface area (Å²) in [6.07, 6.45) is 3.88. The van der Waals surface area contributed by atoms with Gasteiger partial charge in [0.2, 0.25) is 0 Å². The van der Waals surface area contributed by atoms with Gasteiger partial charge in [0, 0.05) is 31.9 Å². The van der Waals surface area contributed by atoms with E-state index in [9.17, 15) is 4.79 Å². The summed E-state index contributed by atoms with van der Waals surface area (Å²) in [5, 5.41) is 0. The number of nitrogens with zero attached hydrogens (tertiary/aromatic N) is 2. The van der Waals surface area contributed by atoms with Crippen LogP contribution in [-0.4, -0.2) is 30.4 Å². The monoisotopic (exact) mass is 284 g/mol. The second kappa shape index (κ2) is 7.17. The molecule has 0 spiro atoms. The quantitative estimate of drug-likeness (QED) is 0.797. The van der Waals surface area contributed by atoms with Gasteiger partial charge in [0.1, 0.15) is 0 Å². The second-order valence-electron chi connectivity index (χ2n) is 5.74. The van der Waals surface area contributed by atoms with Gasteiger partial charge < -0.3 is 9.80 Å². The van der Waals surface area contributed by atoms with E-state index >= 15 is 0 Å². The largest absolute Gasteiger partial charge is 0.369 e. The molecule has 3 heteroatoms. The Labute approximate surface area is 127 Å². The van der Waals surface area contributed by atoms with E-state index in [1.165, 1.54) is 24.9 Å². The zero-order valence-electron chi connectivity index (χ0n) is 13.2. The molecule has 1 atom stereocenters. The molecule has 3 nitrogen and oxygen atoms in total. The first kappa shape index (κ1) is 15.4. The third-order valence-electron chi connectivity index (χ3n) is 4.07. The molecule has 0 aliphatic carbocycles. The third kappa shape index (κ3) is 4.01. The van der Waals surface area contributed by atoms with Crippen molar-refractivity contribution in [3.8, 4) is 11.8 Å². The van der Waals surface area contributed by atoms with E-state index in [1.807, 2.05) is 0 Å². The van der Waals surface area contributed by atoms with Crippen molar-refractivity contribution in [1.29, 1.82) is 0 Å². The molecule has 0 saturated carbocycles. The highest BCUT2D eigenvalue weighted by molar-refractivity contribution is 5.93. The maximum absolute atomic E-state index is 11.6. The molecule has 1 saturated heterocycles. The lowest BCUT2D eigenvalue weighted by Crippen LogP contribution is -2.37. The number of amides is 1. The lowest BCUT2D eigenvalue weighted by molar-refractivity contribution is -0.124. The number of piperidine rings is 1. The average molecular weight is 284 g/mol. The van der Waals surface area contributed by atoms with Crippen LogP contribution in [0.4, 0.5) is 5.69 Å². The van der Waals surface area contributed by atoms with Crippen molar-refractivity contribution in [3.63, 3.8) is 0 Å². The van der Waals surface area contributed by atoms with Crippen LogP contribution < -0.4 is 4.90 Å². The molecule has 1 aromatic carbocycles. The standard InChI is InChI=1S/C18H24N2O/c1-4-7-18(21)19(3)14-16-9-11-17(12-10-16)20-13-6-5-8-15(20)2/h9-12,15H,5-6,8,13-14H2,1-3H3. The highest BCUT2D eigenvalue weighted by atomic mass is 16.2. The fraction of sp³-hybridized carbons (Fsp3) is 0.500. The summed E-state index contributed by atoms with van der Waals surface area (Å²) in [5.74, 6) is 5.07. The maximum Gasteiger partial charge on any atom is 0.298 e. The normalized spacial score (nSPS) is 17.9. The number of rotatable bonds is 3. The van der Waals surface area contributed by atoms with Crippen molar-refractivity contribution < 1.29 is 4.79 Å². The molecule has 0 radical (unpaired) electrons. The predicted molar refractivity (Wildman–Crippen MR) is 87.0 cm³/mol. The number of hydrogen-bond acceptors (Lipinski definition) is 2. The molecule has 1 aromatic rings. The van der Waals surface area contributed by atoms with Crippen LogP contribution in [0.5, 0.6) is 0 Å². The van der Waals surface area contributed by atoms with Crippen LogP contribution in [0.2, 0.25) is 0 Å². The Kier molecular flexibility index (Phi) is 5.27. The van der Waals surface area contributed by atoms with Crippen LogP contribution in [-0.2, 0) is 11.3 Å². The minimum atomic E-state index is -0.133. The van der Waals surface area contributed by atoms with Gasteiger partial charge in [-0.15, -0.1) is 0 Å². The molecule has 1 aliphatic heterocycles. The Morgan fingerprint density at radius 3 is 2.67 bits per heavy atom. The van der Waals surface area contributed by atoms with Gasteiger partial charge in [0.25, 0.3) is 5.91 Å². The van der Waals surface area contributed by atoms with Crippen LogP contribution in [0.3, 0.4) is 0 Å². The molecule has 0 aromatic heterocycles. The van der Waals surface area contributed by atoms with Crippen molar-refractivity contribution in [1.82, 2.24) is 4.90 Å². The van der Waals surface area contributed by atoms with Gasteiger partial charge in [-0.2, -0.15) is 0 Å². The molecule has 0 N–H and O–H groups in total.